The van der Waals surface area contributed by atoms with Gasteiger partial charge >= 0.3 is 5.97 Å². The number of thioether (sulfide) groups is 1. The van der Waals surface area contributed by atoms with Crippen LogP contribution in [0.15, 0.2) is 70.8 Å². The number of nitriles is 1. The Labute approximate surface area is 167 Å². The molecule has 0 atom stereocenters. The van der Waals surface area contributed by atoms with Crippen molar-refractivity contribution in [1.29, 1.82) is 5.26 Å². The minimum Gasteiger partial charge on any atom is -0.478 e. The van der Waals surface area contributed by atoms with Crippen LogP contribution < -0.4 is 0 Å². The van der Waals surface area contributed by atoms with Crippen LogP contribution in [-0.4, -0.2) is 29.3 Å². The molecule has 2 aromatic carbocycles. The van der Waals surface area contributed by atoms with Gasteiger partial charge in [0, 0.05) is 36.3 Å². The number of benzene rings is 2. The summed E-state index contributed by atoms with van der Waals surface area (Å²) in [5.41, 5.74) is 4.09. The van der Waals surface area contributed by atoms with E-state index in [0.717, 1.165) is 22.3 Å². The molecule has 0 bridgehead atoms. The van der Waals surface area contributed by atoms with E-state index in [2.05, 4.69) is 16.0 Å². The van der Waals surface area contributed by atoms with Crippen molar-refractivity contribution in [2.24, 2.45) is 4.99 Å². The number of carbonyl (C=O) groups is 1. The maximum absolute atomic E-state index is 11.2. The van der Waals surface area contributed by atoms with Crippen molar-refractivity contribution in [3.05, 3.63) is 83.0 Å². The minimum absolute atomic E-state index is 0.242. The van der Waals surface area contributed by atoms with Gasteiger partial charge < -0.3 is 5.11 Å². The van der Waals surface area contributed by atoms with Crippen LogP contribution in [0.25, 0.3) is 11.1 Å². The molecule has 1 aromatic heterocycles. The Morgan fingerprint density at radius 2 is 2.04 bits per heavy atom. The van der Waals surface area contributed by atoms with Crippen LogP contribution in [0, 0.1) is 11.3 Å². The Kier molecular flexibility index (Phi) is 6.20. The van der Waals surface area contributed by atoms with Crippen LogP contribution in [0.1, 0.15) is 27.0 Å². The largest absolute Gasteiger partial charge is 0.478 e. The zero-order valence-corrected chi connectivity index (χ0v) is 16.0. The van der Waals surface area contributed by atoms with Gasteiger partial charge in [0.25, 0.3) is 0 Å². The maximum atomic E-state index is 11.2. The molecule has 0 fully saturated rings. The van der Waals surface area contributed by atoms with E-state index in [1.165, 1.54) is 11.8 Å². The maximum Gasteiger partial charge on any atom is 0.335 e. The third kappa shape index (κ3) is 4.27. The van der Waals surface area contributed by atoms with Crippen LogP contribution in [0.5, 0.6) is 0 Å². The second-order valence-electron chi connectivity index (χ2n) is 5.93. The molecule has 0 saturated carbocycles. The molecule has 28 heavy (non-hydrogen) atoms. The number of carboxylic acids is 1. The highest BCUT2D eigenvalue weighted by Crippen LogP contribution is 2.33. The number of hydrogen-bond acceptors (Lipinski definition) is 5. The Hall–Kier alpha value is -3.43. The molecular formula is C22H17N3O2S. The lowest BCUT2D eigenvalue weighted by Gasteiger charge is -2.12. The summed E-state index contributed by atoms with van der Waals surface area (Å²) in [4.78, 5) is 19.7. The summed E-state index contributed by atoms with van der Waals surface area (Å²) < 4.78 is 0. The summed E-state index contributed by atoms with van der Waals surface area (Å²) >= 11 is 1.41. The molecule has 0 radical (unpaired) electrons. The molecule has 1 N–H and O–H groups in total. The van der Waals surface area contributed by atoms with E-state index in [1.807, 2.05) is 36.4 Å². The molecule has 1 heterocycles. The average Bonchev–Trinajstić information content (AvgIpc) is 2.73. The molecule has 6 heteroatoms. The number of nitrogens with zero attached hydrogens (tertiary/aromatic N) is 3. The molecular weight excluding hydrogens is 370 g/mol. The highest BCUT2D eigenvalue weighted by Gasteiger charge is 2.16. The van der Waals surface area contributed by atoms with Crippen LogP contribution in [0.4, 0.5) is 0 Å². The van der Waals surface area contributed by atoms with E-state index < -0.39 is 5.97 Å². The van der Waals surface area contributed by atoms with Gasteiger partial charge in [0.05, 0.1) is 11.1 Å². The molecule has 0 spiro atoms. The molecule has 0 aliphatic carbocycles. The topological polar surface area (TPSA) is 86.3 Å². The summed E-state index contributed by atoms with van der Waals surface area (Å²) in [6, 6.07) is 18.7. The third-order valence-corrected chi connectivity index (χ3v) is 5.13. The highest BCUT2D eigenvalue weighted by atomic mass is 32.2. The Bertz CT molecular complexity index is 1070. The smallest absolute Gasteiger partial charge is 0.335 e. The number of pyridine rings is 1. The minimum atomic E-state index is -0.961. The quantitative estimate of drug-likeness (QED) is 0.491. The Morgan fingerprint density at radius 3 is 2.71 bits per heavy atom. The Balaban J connectivity index is 1.99. The van der Waals surface area contributed by atoms with Gasteiger partial charge in [-0.25, -0.2) is 9.78 Å². The van der Waals surface area contributed by atoms with Crippen LogP contribution >= 0.6 is 11.8 Å². The SMILES string of the molecule is CN=Cc1cnc(SCc2cccc(C(=O)O)c2)c(C#N)c1-c1ccccc1. The van der Waals surface area contributed by atoms with Gasteiger partial charge in [-0.2, -0.15) is 5.26 Å². The number of hydrogen-bond donors (Lipinski definition) is 1. The standard InChI is InChI=1S/C22H17N3O2S/c1-24-12-18-13-25-21(19(11-23)20(18)16-7-3-2-4-8-16)28-14-15-6-5-9-17(10-15)22(26)27/h2-10,12-13H,14H2,1H3,(H,26,27). The zero-order valence-electron chi connectivity index (χ0n) is 15.2. The number of carboxylic acid groups (broad SMARTS) is 1. The molecule has 0 aliphatic rings. The second kappa shape index (κ2) is 8.98. The van der Waals surface area contributed by atoms with Crippen molar-refractivity contribution in [2.75, 3.05) is 7.05 Å². The molecule has 3 rings (SSSR count). The molecule has 0 unspecified atom stereocenters. The second-order valence-corrected chi connectivity index (χ2v) is 6.89. The van der Waals surface area contributed by atoms with Crippen molar-refractivity contribution >= 4 is 23.9 Å². The summed E-state index contributed by atoms with van der Waals surface area (Å²) in [5, 5.41) is 19.6. The van der Waals surface area contributed by atoms with E-state index in [-0.39, 0.29) is 5.56 Å². The number of aromatic nitrogens is 1. The predicted molar refractivity (Wildman–Crippen MR) is 111 cm³/mol. The predicted octanol–water partition coefficient (Wildman–Crippen LogP) is 4.66. The monoisotopic (exact) mass is 387 g/mol. The first kappa shape index (κ1) is 19.3. The van der Waals surface area contributed by atoms with E-state index in [9.17, 15) is 10.1 Å². The molecule has 3 aromatic rings. The number of aromatic carboxylic acids is 1. The normalized spacial score (nSPS) is 10.7. The summed E-state index contributed by atoms with van der Waals surface area (Å²) in [6.45, 7) is 0. The summed E-state index contributed by atoms with van der Waals surface area (Å²) in [7, 11) is 1.68. The number of aliphatic imine (C=N–C) groups is 1. The zero-order chi connectivity index (χ0) is 19.9. The van der Waals surface area contributed by atoms with E-state index in [1.54, 1.807) is 37.7 Å². The molecule has 0 amide bonds. The first-order valence-corrected chi connectivity index (χ1v) is 9.48. The first-order chi connectivity index (χ1) is 13.6. The van der Waals surface area contributed by atoms with Crippen LogP contribution in [-0.2, 0) is 5.75 Å². The molecule has 138 valence electrons. The van der Waals surface area contributed by atoms with Gasteiger partial charge in [-0.05, 0) is 23.3 Å². The first-order valence-electron chi connectivity index (χ1n) is 8.49. The van der Waals surface area contributed by atoms with Gasteiger partial charge in [-0.3, -0.25) is 4.99 Å². The molecule has 0 saturated heterocycles. The molecule has 0 aliphatic heterocycles. The molecule has 5 nitrogen and oxygen atoms in total. The van der Waals surface area contributed by atoms with Crippen molar-refractivity contribution < 1.29 is 9.90 Å². The lowest BCUT2D eigenvalue weighted by atomic mass is 9.98. The van der Waals surface area contributed by atoms with Gasteiger partial charge in [-0.15, -0.1) is 11.8 Å². The fraction of sp³-hybridized carbons (Fsp3) is 0.0909. The highest BCUT2D eigenvalue weighted by molar-refractivity contribution is 7.98. The average molecular weight is 387 g/mol. The van der Waals surface area contributed by atoms with Crippen molar-refractivity contribution in [2.45, 2.75) is 10.8 Å². The van der Waals surface area contributed by atoms with E-state index >= 15 is 0 Å². The van der Waals surface area contributed by atoms with Gasteiger partial charge in [0.2, 0.25) is 0 Å². The lowest BCUT2D eigenvalue weighted by Crippen LogP contribution is -1.99. The van der Waals surface area contributed by atoms with Gasteiger partial charge in [0.15, 0.2) is 0 Å². The van der Waals surface area contributed by atoms with Crippen LogP contribution in [0.2, 0.25) is 0 Å². The van der Waals surface area contributed by atoms with Crippen molar-refractivity contribution in [3.63, 3.8) is 0 Å². The summed E-state index contributed by atoms with van der Waals surface area (Å²) in [5.74, 6) is -0.449. The Morgan fingerprint density at radius 1 is 1.25 bits per heavy atom. The fourth-order valence-corrected chi connectivity index (χ4v) is 3.72. The fourth-order valence-electron chi connectivity index (χ4n) is 2.82. The van der Waals surface area contributed by atoms with Crippen molar-refractivity contribution in [3.8, 4) is 17.2 Å². The summed E-state index contributed by atoms with van der Waals surface area (Å²) in [6.07, 6.45) is 3.41. The lowest BCUT2D eigenvalue weighted by molar-refractivity contribution is 0.0697. The van der Waals surface area contributed by atoms with E-state index in [0.29, 0.717) is 16.3 Å². The van der Waals surface area contributed by atoms with Gasteiger partial charge in [0.1, 0.15) is 11.1 Å². The third-order valence-electron chi connectivity index (χ3n) is 4.07. The van der Waals surface area contributed by atoms with Crippen molar-refractivity contribution in [1.82, 2.24) is 4.98 Å². The number of rotatable bonds is 6. The van der Waals surface area contributed by atoms with Crippen LogP contribution in [0.3, 0.4) is 0 Å². The van der Waals surface area contributed by atoms with Gasteiger partial charge in [-0.1, -0.05) is 42.5 Å². The van der Waals surface area contributed by atoms with E-state index in [4.69, 9.17) is 5.11 Å².